The van der Waals surface area contributed by atoms with Crippen molar-refractivity contribution in [2.24, 2.45) is 0 Å². The van der Waals surface area contributed by atoms with Crippen LogP contribution in [0.25, 0.3) is 10.9 Å². The molecule has 3 nitrogen and oxygen atoms in total. The van der Waals surface area contributed by atoms with E-state index in [0.717, 1.165) is 28.8 Å². The Morgan fingerprint density at radius 3 is 2.75 bits per heavy atom. The van der Waals surface area contributed by atoms with Crippen molar-refractivity contribution in [2.75, 3.05) is 25.2 Å². The normalized spacial score (nSPS) is 12.6. The van der Waals surface area contributed by atoms with Crippen LogP contribution in [0, 0.1) is 0 Å². The maximum absolute atomic E-state index is 6.10. The van der Waals surface area contributed by atoms with Gasteiger partial charge in [-0.05, 0) is 31.5 Å². The monoisotopic (exact) mass is 292 g/mol. The summed E-state index contributed by atoms with van der Waals surface area (Å²) in [7, 11) is 1.72. The summed E-state index contributed by atoms with van der Waals surface area (Å²) in [4.78, 5) is 7.01. The standard InChI is InChI=1S/C16H21ClN2O/c1-4-19(12(2)11-20-3)16-9-13(10-17)14-7-5-6-8-15(14)18-16/h5-9,12H,4,10-11H2,1-3H3. The van der Waals surface area contributed by atoms with Crippen LogP contribution in [0.5, 0.6) is 0 Å². The molecular weight excluding hydrogens is 272 g/mol. The molecule has 4 heteroatoms. The summed E-state index contributed by atoms with van der Waals surface area (Å²) in [5, 5.41) is 1.13. The molecule has 0 spiro atoms. The van der Waals surface area contributed by atoms with Gasteiger partial charge in [-0.3, -0.25) is 0 Å². The number of rotatable bonds is 6. The third kappa shape index (κ3) is 3.05. The van der Waals surface area contributed by atoms with Crippen LogP contribution in [-0.4, -0.2) is 31.3 Å². The van der Waals surface area contributed by atoms with Gasteiger partial charge in [-0.25, -0.2) is 4.98 Å². The molecular formula is C16H21ClN2O. The lowest BCUT2D eigenvalue weighted by atomic mass is 10.1. The Morgan fingerprint density at radius 2 is 2.10 bits per heavy atom. The molecule has 0 fully saturated rings. The molecule has 108 valence electrons. The predicted molar refractivity (Wildman–Crippen MR) is 85.7 cm³/mol. The minimum absolute atomic E-state index is 0.279. The quantitative estimate of drug-likeness (QED) is 0.757. The number of anilines is 1. The van der Waals surface area contributed by atoms with Crippen molar-refractivity contribution >= 4 is 28.3 Å². The second kappa shape index (κ2) is 6.91. The largest absolute Gasteiger partial charge is 0.383 e. The van der Waals surface area contributed by atoms with Gasteiger partial charge in [0.25, 0.3) is 0 Å². The van der Waals surface area contributed by atoms with Gasteiger partial charge in [0, 0.05) is 24.9 Å². The maximum Gasteiger partial charge on any atom is 0.129 e. The van der Waals surface area contributed by atoms with Crippen molar-refractivity contribution in [3.8, 4) is 0 Å². The highest BCUT2D eigenvalue weighted by Crippen LogP contribution is 2.25. The van der Waals surface area contributed by atoms with Crippen LogP contribution >= 0.6 is 11.6 Å². The molecule has 1 heterocycles. The van der Waals surface area contributed by atoms with Crippen LogP contribution in [0.3, 0.4) is 0 Å². The van der Waals surface area contributed by atoms with E-state index in [4.69, 9.17) is 21.3 Å². The van der Waals surface area contributed by atoms with Crippen LogP contribution < -0.4 is 4.90 Å². The summed E-state index contributed by atoms with van der Waals surface area (Å²) < 4.78 is 5.26. The molecule has 2 rings (SSSR count). The van der Waals surface area contributed by atoms with Crippen molar-refractivity contribution < 1.29 is 4.74 Å². The fourth-order valence-electron chi connectivity index (χ4n) is 2.52. The number of benzene rings is 1. The Hall–Kier alpha value is -1.32. The lowest BCUT2D eigenvalue weighted by Gasteiger charge is -2.29. The molecule has 1 unspecified atom stereocenters. The van der Waals surface area contributed by atoms with Crippen molar-refractivity contribution in [2.45, 2.75) is 25.8 Å². The maximum atomic E-state index is 6.10. The second-order valence-electron chi connectivity index (χ2n) is 4.88. The average molecular weight is 293 g/mol. The van der Waals surface area contributed by atoms with Gasteiger partial charge in [0.15, 0.2) is 0 Å². The molecule has 0 N–H and O–H groups in total. The first-order chi connectivity index (χ1) is 9.71. The minimum atomic E-state index is 0.279. The van der Waals surface area contributed by atoms with Crippen molar-refractivity contribution in [3.63, 3.8) is 0 Å². The Labute approximate surface area is 125 Å². The van der Waals surface area contributed by atoms with E-state index in [1.54, 1.807) is 7.11 Å². The number of hydrogen-bond acceptors (Lipinski definition) is 3. The fourth-order valence-corrected chi connectivity index (χ4v) is 2.74. The fraction of sp³-hybridized carbons (Fsp3) is 0.438. The number of nitrogens with zero attached hydrogens (tertiary/aromatic N) is 2. The molecule has 2 aromatic rings. The summed E-state index contributed by atoms with van der Waals surface area (Å²) >= 11 is 6.10. The third-order valence-electron chi connectivity index (χ3n) is 3.51. The molecule has 20 heavy (non-hydrogen) atoms. The molecule has 0 bridgehead atoms. The molecule has 0 saturated carbocycles. The number of pyridine rings is 1. The number of likely N-dealkylation sites (N-methyl/N-ethyl adjacent to an activating group) is 1. The number of aromatic nitrogens is 1. The van der Waals surface area contributed by atoms with Crippen LogP contribution in [-0.2, 0) is 10.6 Å². The summed E-state index contributed by atoms with van der Waals surface area (Å²) in [5.41, 5.74) is 2.11. The van der Waals surface area contributed by atoms with E-state index in [1.165, 1.54) is 0 Å². The Bertz CT molecular complexity index is 573. The number of fused-ring (bicyclic) bond motifs is 1. The van der Waals surface area contributed by atoms with Crippen LogP contribution in [0.15, 0.2) is 30.3 Å². The first-order valence-corrected chi connectivity index (χ1v) is 7.44. The first kappa shape index (κ1) is 15.1. The summed E-state index contributed by atoms with van der Waals surface area (Å²) in [6.07, 6.45) is 0. The van der Waals surface area contributed by atoms with Crippen LogP contribution in [0.1, 0.15) is 19.4 Å². The van der Waals surface area contributed by atoms with Gasteiger partial charge in [0.1, 0.15) is 5.82 Å². The third-order valence-corrected chi connectivity index (χ3v) is 3.80. The van der Waals surface area contributed by atoms with Crippen LogP contribution in [0.4, 0.5) is 5.82 Å². The molecule has 0 aliphatic carbocycles. The zero-order valence-electron chi connectivity index (χ0n) is 12.3. The topological polar surface area (TPSA) is 25.4 Å². The van der Waals surface area contributed by atoms with Crippen LogP contribution in [0.2, 0.25) is 0 Å². The number of alkyl halides is 1. The van der Waals surface area contributed by atoms with E-state index in [-0.39, 0.29) is 6.04 Å². The predicted octanol–water partition coefficient (Wildman–Crippen LogP) is 3.83. The lowest BCUT2D eigenvalue weighted by molar-refractivity contribution is 0.181. The second-order valence-corrected chi connectivity index (χ2v) is 5.15. The highest BCUT2D eigenvalue weighted by Gasteiger charge is 2.15. The highest BCUT2D eigenvalue weighted by atomic mass is 35.5. The SMILES string of the molecule is CCN(c1cc(CCl)c2ccccc2n1)C(C)COC. The Balaban J connectivity index is 2.47. The smallest absolute Gasteiger partial charge is 0.129 e. The van der Waals surface area contributed by atoms with Gasteiger partial charge < -0.3 is 9.64 Å². The van der Waals surface area contributed by atoms with E-state index < -0.39 is 0 Å². The minimum Gasteiger partial charge on any atom is -0.383 e. The number of halogens is 1. The van der Waals surface area contributed by atoms with E-state index in [2.05, 4.69) is 30.9 Å². The van der Waals surface area contributed by atoms with Crippen molar-refractivity contribution in [3.05, 3.63) is 35.9 Å². The lowest BCUT2D eigenvalue weighted by Crippen LogP contribution is -2.36. The number of hydrogen-bond donors (Lipinski definition) is 0. The summed E-state index contributed by atoms with van der Waals surface area (Å²) in [6.45, 7) is 5.84. The molecule has 0 aliphatic rings. The van der Waals surface area contributed by atoms with Gasteiger partial charge in [-0.1, -0.05) is 18.2 Å². The first-order valence-electron chi connectivity index (χ1n) is 6.91. The van der Waals surface area contributed by atoms with Gasteiger partial charge in [-0.2, -0.15) is 0 Å². The van der Waals surface area contributed by atoms with E-state index in [1.807, 2.05) is 18.2 Å². The van der Waals surface area contributed by atoms with Gasteiger partial charge in [0.05, 0.1) is 18.2 Å². The van der Waals surface area contributed by atoms with Gasteiger partial charge >= 0.3 is 0 Å². The average Bonchev–Trinajstić information content (AvgIpc) is 2.47. The zero-order valence-corrected chi connectivity index (χ0v) is 13.0. The molecule has 0 radical (unpaired) electrons. The number of methoxy groups -OCH3 is 1. The molecule has 1 aromatic heterocycles. The zero-order chi connectivity index (χ0) is 14.5. The molecule has 0 aliphatic heterocycles. The van der Waals surface area contributed by atoms with Gasteiger partial charge in [-0.15, -0.1) is 11.6 Å². The summed E-state index contributed by atoms with van der Waals surface area (Å²) in [5.74, 6) is 1.46. The molecule has 0 amide bonds. The molecule has 1 atom stereocenters. The number of ether oxygens (including phenoxy) is 1. The van der Waals surface area contributed by atoms with Gasteiger partial charge in [0.2, 0.25) is 0 Å². The van der Waals surface area contributed by atoms with E-state index in [0.29, 0.717) is 12.5 Å². The number of para-hydroxylation sites is 1. The van der Waals surface area contributed by atoms with E-state index in [9.17, 15) is 0 Å². The van der Waals surface area contributed by atoms with Crippen molar-refractivity contribution in [1.29, 1.82) is 0 Å². The van der Waals surface area contributed by atoms with E-state index >= 15 is 0 Å². The highest BCUT2D eigenvalue weighted by molar-refractivity contribution is 6.18. The molecule has 1 aromatic carbocycles. The van der Waals surface area contributed by atoms with Crippen molar-refractivity contribution in [1.82, 2.24) is 4.98 Å². The Morgan fingerprint density at radius 1 is 1.35 bits per heavy atom. The Kier molecular flexibility index (Phi) is 5.21. The summed E-state index contributed by atoms with van der Waals surface area (Å²) in [6, 6.07) is 10.5. The molecule has 0 saturated heterocycles.